The molecule has 2 heterocycles. The molecule has 1 fully saturated rings. The fourth-order valence-corrected chi connectivity index (χ4v) is 3.57. The summed E-state index contributed by atoms with van der Waals surface area (Å²) >= 11 is 5.50. The van der Waals surface area contributed by atoms with Gasteiger partial charge in [0.1, 0.15) is 0 Å². The number of ether oxygens (including phenoxy) is 1. The first-order chi connectivity index (χ1) is 7.24. The first-order valence-corrected chi connectivity index (χ1v) is 7.42. The van der Waals surface area contributed by atoms with Gasteiger partial charge >= 0.3 is 0 Å². The highest BCUT2D eigenvalue weighted by Crippen LogP contribution is 2.35. The molecule has 0 radical (unpaired) electrons. The zero-order valence-electron chi connectivity index (χ0n) is 9.09. The lowest BCUT2D eigenvalue weighted by molar-refractivity contribution is 0.00619. The van der Waals surface area contributed by atoms with E-state index < -0.39 is 0 Å². The van der Waals surface area contributed by atoms with Crippen LogP contribution in [0.2, 0.25) is 0 Å². The topological polar surface area (TPSA) is 9.23 Å². The number of thiophene rings is 1. The Kier molecular flexibility index (Phi) is 3.86. The quantitative estimate of drug-likeness (QED) is 0.769. The second-order valence-corrected chi connectivity index (χ2v) is 6.21. The highest BCUT2D eigenvalue weighted by molar-refractivity contribution is 9.09. The van der Waals surface area contributed by atoms with Crippen molar-refractivity contribution in [3.63, 3.8) is 0 Å². The summed E-state index contributed by atoms with van der Waals surface area (Å²) in [6.07, 6.45) is 3.64. The monoisotopic (exact) mass is 288 g/mol. The van der Waals surface area contributed by atoms with Crippen molar-refractivity contribution in [1.82, 2.24) is 0 Å². The van der Waals surface area contributed by atoms with E-state index in [2.05, 4.69) is 34.3 Å². The molecule has 1 aromatic heterocycles. The van der Waals surface area contributed by atoms with Crippen molar-refractivity contribution in [2.75, 3.05) is 18.5 Å². The Balaban J connectivity index is 2.06. The van der Waals surface area contributed by atoms with E-state index in [4.69, 9.17) is 4.74 Å². The zero-order chi connectivity index (χ0) is 10.7. The molecule has 1 nitrogen and oxygen atoms in total. The Morgan fingerprint density at radius 3 is 3.00 bits per heavy atom. The van der Waals surface area contributed by atoms with E-state index in [9.17, 15) is 0 Å². The molecule has 1 unspecified atom stereocenters. The second-order valence-electron chi connectivity index (χ2n) is 4.53. The summed E-state index contributed by atoms with van der Waals surface area (Å²) in [5, 5.41) is 3.34. The van der Waals surface area contributed by atoms with Gasteiger partial charge in [-0.2, -0.15) is 0 Å². The molecule has 1 atom stereocenters. The Bertz CT molecular complexity index is 315. The van der Waals surface area contributed by atoms with Crippen LogP contribution in [0.25, 0.3) is 0 Å². The molecule has 2 rings (SSSR count). The van der Waals surface area contributed by atoms with Gasteiger partial charge in [0, 0.05) is 22.2 Å². The van der Waals surface area contributed by atoms with Gasteiger partial charge in [0.25, 0.3) is 0 Å². The molecule has 15 heavy (non-hydrogen) atoms. The minimum Gasteiger partial charge on any atom is -0.381 e. The van der Waals surface area contributed by atoms with Gasteiger partial charge in [0.05, 0.1) is 6.61 Å². The summed E-state index contributed by atoms with van der Waals surface area (Å²) < 4.78 is 5.63. The second kappa shape index (κ2) is 4.98. The van der Waals surface area contributed by atoms with Crippen LogP contribution in [0.4, 0.5) is 0 Å². The van der Waals surface area contributed by atoms with Crippen LogP contribution in [0.15, 0.2) is 11.4 Å². The third kappa shape index (κ3) is 2.83. The molecule has 1 saturated heterocycles. The summed E-state index contributed by atoms with van der Waals surface area (Å²) in [7, 11) is 0. The Hall–Kier alpha value is 0.140. The third-order valence-corrected chi connectivity index (χ3v) is 5.15. The van der Waals surface area contributed by atoms with E-state index in [0.717, 1.165) is 25.0 Å². The van der Waals surface area contributed by atoms with Gasteiger partial charge in [-0.15, -0.1) is 11.3 Å². The predicted molar refractivity (Wildman–Crippen MR) is 69.0 cm³/mol. The van der Waals surface area contributed by atoms with Crippen LogP contribution in [-0.2, 0) is 11.2 Å². The first kappa shape index (κ1) is 11.6. The predicted octanol–water partition coefficient (Wildman–Crippen LogP) is 3.79. The van der Waals surface area contributed by atoms with E-state index in [1.807, 2.05) is 11.3 Å². The molecule has 0 aromatic carbocycles. The molecule has 3 heteroatoms. The van der Waals surface area contributed by atoms with Crippen molar-refractivity contribution in [2.24, 2.45) is 5.41 Å². The summed E-state index contributed by atoms with van der Waals surface area (Å²) in [6.45, 7) is 4.02. The van der Waals surface area contributed by atoms with Gasteiger partial charge in [-0.25, -0.2) is 0 Å². The van der Waals surface area contributed by atoms with E-state index in [0.29, 0.717) is 5.41 Å². The molecule has 1 aliphatic heterocycles. The molecule has 0 aliphatic carbocycles. The van der Waals surface area contributed by atoms with Crippen LogP contribution >= 0.6 is 27.3 Å². The number of halogens is 1. The lowest BCUT2D eigenvalue weighted by Crippen LogP contribution is -2.35. The van der Waals surface area contributed by atoms with Crippen molar-refractivity contribution in [1.29, 1.82) is 0 Å². The lowest BCUT2D eigenvalue weighted by atomic mass is 9.80. The van der Waals surface area contributed by atoms with Crippen molar-refractivity contribution < 1.29 is 4.74 Å². The fraction of sp³-hybridized carbons (Fsp3) is 0.667. The number of rotatable bonds is 3. The van der Waals surface area contributed by atoms with Crippen molar-refractivity contribution in [2.45, 2.75) is 26.2 Å². The zero-order valence-corrected chi connectivity index (χ0v) is 11.5. The van der Waals surface area contributed by atoms with Crippen LogP contribution in [0.5, 0.6) is 0 Å². The minimum absolute atomic E-state index is 0.339. The summed E-state index contributed by atoms with van der Waals surface area (Å²) in [5.41, 5.74) is 1.81. The highest BCUT2D eigenvalue weighted by Gasteiger charge is 2.32. The Morgan fingerprint density at radius 2 is 2.47 bits per heavy atom. The maximum absolute atomic E-state index is 5.63. The van der Waals surface area contributed by atoms with E-state index in [1.54, 1.807) is 0 Å². The van der Waals surface area contributed by atoms with Gasteiger partial charge in [-0.1, -0.05) is 15.9 Å². The highest BCUT2D eigenvalue weighted by atomic mass is 79.9. The first-order valence-electron chi connectivity index (χ1n) is 5.42. The molecule has 0 saturated carbocycles. The maximum atomic E-state index is 5.63. The molecule has 0 amide bonds. The van der Waals surface area contributed by atoms with Crippen molar-refractivity contribution in [3.05, 3.63) is 21.9 Å². The smallest absolute Gasteiger partial charge is 0.0533 e. The van der Waals surface area contributed by atoms with Gasteiger partial charge < -0.3 is 4.74 Å². The Morgan fingerprint density at radius 1 is 1.60 bits per heavy atom. The average molecular weight is 289 g/mol. The minimum atomic E-state index is 0.339. The third-order valence-electron chi connectivity index (χ3n) is 3.05. The summed E-state index contributed by atoms with van der Waals surface area (Å²) in [5.74, 6) is 0. The number of alkyl halides is 1. The van der Waals surface area contributed by atoms with Crippen LogP contribution < -0.4 is 0 Å². The maximum Gasteiger partial charge on any atom is 0.0533 e. The lowest BCUT2D eigenvalue weighted by Gasteiger charge is -2.35. The molecule has 0 spiro atoms. The molecule has 0 bridgehead atoms. The SMILES string of the molecule is Cc1cc(CC2(CBr)CCCOC2)cs1. The van der Waals surface area contributed by atoms with Crippen LogP contribution in [0, 0.1) is 12.3 Å². The van der Waals surface area contributed by atoms with Crippen LogP contribution in [0.3, 0.4) is 0 Å². The molecule has 84 valence electrons. The number of aryl methyl sites for hydroxylation is 1. The molecular formula is C12H17BrOS. The van der Waals surface area contributed by atoms with Gasteiger partial charge in [0.2, 0.25) is 0 Å². The van der Waals surface area contributed by atoms with Crippen LogP contribution in [0.1, 0.15) is 23.3 Å². The van der Waals surface area contributed by atoms with Crippen molar-refractivity contribution in [3.8, 4) is 0 Å². The standard InChI is InChI=1S/C12H17BrOS/c1-10-5-11(7-15-10)6-12(8-13)3-2-4-14-9-12/h5,7H,2-4,6,8-9H2,1H3. The molecule has 1 aromatic rings. The number of hydrogen-bond donors (Lipinski definition) is 0. The molecule has 1 aliphatic rings. The van der Waals surface area contributed by atoms with E-state index in [1.165, 1.54) is 23.3 Å². The number of hydrogen-bond acceptors (Lipinski definition) is 2. The fourth-order valence-electron chi connectivity index (χ4n) is 2.23. The van der Waals surface area contributed by atoms with Gasteiger partial charge in [-0.3, -0.25) is 0 Å². The molecular weight excluding hydrogens is 272 g/mol. The summed E-state index contributed by atoms with van der Waals surface area (Å²) in [4.78, 5) is 1.41. The van der Waals surface area contributed by atoms with Crippen LogP contribution in [-0.4, -0.2) is 18.5 Å². The summed E-state index contributed by atoms with van der Waals surface area (Å²) in [6, 6.07) is 2.31. The van der Waals surface area contributed by atoms with Crippen molar-refractivity contribution >= 4 is 27.3 Å². The average Bonchev–Trinajstić information content (AvgIpc) is 2.65. The van der Waals surface area contributed by atoms with E-state index >= 15 is 0 Å². The normalized spacial score (nSPS) is 26.8. The van der Waals surface area contributed by atoms with Gasteiger partial charge in [0.15, 0.2) is 0 Å². The molecule has 0 N–H and O–H groups in total. The Labute approximate surface area is 104 Å². The van der Waals surface area contributed by atoms with E-state index in [-0.39, 0.29) is 0 Å². The van der Waals surface area contributed by atoms with Gasteiger partial charge in [-0.05, 0) is 43.2 Å². The largest absolute Gasteiger partial charge is 0.381 e.